The monoisotopic (exact) mass is 376 g/mol. The van der Waals surface area contributed by atoms with Crippen molar-refractivity contribution in [3.8, 4) is 5.75 Å². The highest BCUT2D eigenvalue weighted by molar-refractivity contribution is 9.10. The molecule has 0 saturated carbocycles. The van der Waals surface area contributed by atoms with Gasteiger partial charge in [0.15, 0.2) is 6.61 Å². The Kier molecular flexibility index (Phi) is 5.77. The van der Waals surface area contributed by atoms with Crippen LogP contribution in [-0.2, 0) is 16.8 Å². The van der Waals surface area contributed by atoms with E-state index in [1.165, 1.54) is 5.56 Å². The van der Waals surface area contributed by atoms with Gasteiger partial charge in [0, 0.05) is 6.20 Å². The molecule has 1 aromatic heterocycles. The third-order valence-electron chi connectivity index (χ3n) is 3.35. The Bertz CT molecular complexity index is 666. The fourth-order valence-corrected chi connectivity index (χ4v) is 2.46. The summed E-state index contributed by atoms with van der Waals surface area (Å²) in [4.78, 5) is 16.0. The van der Waals surface area contributed by atoms with Gasteiger partial charge in [-0.3, -0.25) is 9.78 Å². The molecule has 0 atom stereocenters. The number of rotatable bonds is 5. The molecule has 0 aliphatic heterocycles. The lowest BCUT2D eigenvalue weighted by molar-refractivity contribution is -0.123. The van der Waals surface area contributed by atoms with Crippen LogP contribution >= 0.6 is 15.9 Å². The second-order valence-corrected chi connectivity index (χ2v) is 7.14. The summed E-state index contributed by atoms with van der Waals surface area (Å²) in [6, 6.07) is 11.5. The van der Waals surface area contributed by atoms with Gasteiger partial charge in [-0.25, -0.2) is 0 Å². The van der Waals surface area contributed by atoms with E-state index in [9.17, 15) is 4.79 Å². The summed E-state index contributed by atoms with van der Waals surface area (Å²) in [6.07, 6.45) is 1.70. The molecule has 0 saturated heterocycles. The van der Waals surface area contributed by atoms with E-state index < -0.39 is 0 Å². The minimum absolute atomic E-state index is 0.0275. The predicted octanol–water partition coefficient (Wildman–Crippen LogP) is 3.84. The largest absolute Gasteiger partial charge is 0.483 e. The highest BCUT2D eigenvalue weighted by Crippen LogP contribution is 2.31. The molecule has 0 bridgehead atoms. The molecule has 122 valence electrons. The Labute approximate surface area is 145 Å². The average Bonchev–Trinajstić information content (AvgIpc) is 2.51. The minimum Gasteiger partial charge on any atom is -0.483 e. The molecule has 4 nitrogen and oxygen atoms in total. The first-order chi connectivity index (χ1) is 10.9. The van der Waals surface area contributed by atoms with Crippen molar-refractivity contribution in [2.75, 3.05) is 6.61 Å². The quantitative estimate of drug-likeness (QED) is 0.862. The summed E-state index contributed by atoms with van der Waals surface area (Å²) in [7, 11) is 0. The van der Waals surface area contributed by atoms with E-state index in [4.69, 9.17) is 4.74 Å². The zero-order chi connectivity index (χ0) is 16.9. The molecule has 1 amide bonds. The van der Waals surface area contributed by atoms with Gasteiger partial charge in [-0.1, -0.05) is 32.9 Å². The molecule has 0 radical (unpaired) electrons. The van der Waals surface area contributed by atoms with Crippen LogP contribution in [-0.4, -0.2) is 17.5 Å². The summed E-state index contributed by atoms with van der Waals surface area (Å²) in [5.74, 6) is 0.480. The summed E-state index contributed by atoms with van der Waals surface area (Å²) in [5, 5.41) is 2.78. The molecule has 1 aromatic carbocycles. The number of carbonyl (C=O) groups excluding carboxylic acids is 1. The van der Waals surface area contributed by atoms with Crippen molar-refractivity contribution in [1.29, 1.82) is 0 Å². The van der Waals surface area contributed by atoms with Crippen molar-refractivity contribution >= 4 is 21.8 Å². The Morgan fingerprint density at radius 1 is 1.26 bits per heavy atom. The van der Waals surface area contributed by atoms with Gasteiger partial charge < -0.3 is 10.1 Å². The minimum atomic E-state index is -0.178. The van der Waals surface area contributed by atoms with Crippen molar-refractivity contribution in [1.82, 2.24) is 10.3 Å². The number of amides is 1. The lowest BCUT2D eigenvalue weighted by atomic mass is 9.87. The first kappa shape index (κ1) is 17.5. The lowest BCUT2D eigenvalue weighted by Gasteiger charge is -2.20. The Morgan fingerprint density at radius 2 is 2.04 bits per heavy atom. The van der Waals surface area contributed by atoms with Crippen molar-refractivity contribution in [3.63, 3.8) is 0 Å². The van der Waals surface area contributed by atoms with Crippen LogP contribution in [0.25, 0.3) is 0 Å². The van der Waals surface area contributed by atoms with Gasteiger partial charge in [-0.15, -0.1) is 0 Å². The van der Waals surface area contributed by atoms with Crippen molar-refractivity contribution < 1.29 is 9.53 Å². The van der Waals surface area contributed by atoms with Crippen LogP contribution in [0.4, 0.5) is 0 Å². The van der Waals surface area contributed by atoms with Crippen LogP contribution in [0.15, 0.2) is 47.1 Å². The maximum atomic E-state index is 11.8. The van der Waals surface area contributed by atoms with Gasteiger partial charge in [0.05, 0.1) is 16.7 Å². The average molecular weight is 377 g/mol. The Hall–Kier alpha value is -1.88. The number of halogens is 1. The van der Waals surface area contributed by atoms with E-state index in [-0.39, 0.29) is 17.9 Å². The second kappa shape index (κ2) is 7.59. The number of ether oxygens (including phenoxy) is 1. The summed E-state index contributed by atoms with van der Waals surface area (Å²) < 4.78 is 6.42. The highest BCUT2D eigenvalue weighted by Gasteiger charge is 2.15. The topological polar surface area (TPSA) is 51.2 Å². The van der Waals surface area contributed by atoms with Gasteiger partial charge >= 0.3 is 0 Å². The van der Waals surface area contributed by atoms with E-state index in [0.29, 0.717) is 12.3 Å². The molecule has 0 fully saturated rings. The van der Waals surface area contributed by atoms with E-state index in [1.807, 2.05) is 36.4 Å². The number of benzene rings is 1. The number of nitrogens with one attached hydrogen (secondary N) is 1. The molecule has 0 unspecified atom stereocenters. The summed E-state index contributed by atoms with van der Waals surface area (Å²) in [5.41, 5.74) is 2.09. The Balaban J connectivity index is 1.87. The zero-order valence-corrected chi connectivity index (χ0v) is 15.2. The van der Waals surface area contributed by atoms with Crippen molar-refractivity contribution in [2.45, 2.75) is 32.7 Å². The number of aromatic nitrogens is 1. The molecule has 1 heterocycles. The summed E-state index contributed by atoms with van der Waals surface area (Å²) >= 11 is 3.50. The van der Waals surface area contributed by atoms with E-state index >= 15 is 0 Å². The van der Waals surface area contributed by atoms with Crippen LogP contribution in [0.2, 0.25) is 0 Å². The van der Waals surface area contributed by atoms with Gasteiger partial charge in [0.1, 0.15) is 5.75 Å². The molecular formula is C18H21BrN2O2. The van der Waals surface area contributed by atoms with Crippen LogP contribution < -0.4 is 10.1 Å². The first-order valence-electron chi connectivity index (χ1n) is 7.46. The number of hydrogen-bond donors (Lipinski definition) is 1. The molecular weight excluding hydrogens is 356 g/mol. The van der Waals surface area contributed by atoms with Gasteiger partial charge in [0.2, 0.25) is 0 Å². The number of pyridine rings is 1. The molecule has 23 heavy (non-hydrogen) atoms. The van der Waals surface area contributed by atoms with Gasteiger partial charge in [0.25, 0.3) is 5.91 Å². The predicted molar refractivity (Wildman–Crippen MR) is 94.4 cm³/mol. The fraction of sp³-hybridized carbons (Fsp3) is 0.333. The first-order valence-corrected chi connectivity index (χ1v) is 8.25. The van der Waals surface area contributed by atoms with Gasteiger partial charge in [-0.2, -0.15) is 0 Å². The van der Waals surface area contributed by atoms with Crippen LogP contribution in [0.1, 0.15) is 32.0 Å². The Morgan fingerprint density at radius 3 is 2.65 bits per heavy atom. The molecule has 0 spiro atoms. The fourth-order valence-electron chi connectivity index (χ4n) is 1.97. The molecule has 2 rings (SSSR count). The lowest BCUT2D eigenvalue weighted by Crippen LogP contribution is -2.28. The number of hydrogen-bond acceptors (Lipinski definition) is 3. The maximum absolute atomic E-state index is 11.8. The second-order valence-electron chi connectivity index (χ2n) is 6.28. The standard InChI is InChI=1S/C18H21BrN2O2/c1-18(2,3)13-7-8-16(15(19)10-13)23-12-17(22)21-11-14-6-4-5-9-20-14/h4-10H,11-12H2,1-3H3,(H,21,22). The number of carbonyl (C=O) groups is 1. The maximum Gasteiger partial charge on any atom is 0.258 e. The van der Waals surface area contributed by atoms with Crippen LogP contribution in [0, 0.1) is 0 Å². The molecule has 0 aliphatic carbocycles. The molecule has 5 heteroatoms. The third kappa shape index (κ3) is 5.36. The van der Waals surface area contributed by atoms with Crippen LogP contribution in [0.5, 0.6) is 5.75 Å². The zero-order valence-electron chi connectivity index (χ0n) is 13.6. The summed E-state index contributed by atoms with van der Waals surface area (Å²) in [6.45, 7) is 6.83. The van der Waals surface area contributed by atoms with Gasteiger partial charge in [-0.05, 0) is 51.2 Å². The number of nitrogens with zero attached hydrogens (tertiary/aromatic N) is 1. The van der Waals surface area contributed by atoms with E-state index in [2.05, 4.69) is 47.0 Å². The molecule has 2 aromatic rings. The van der Waals surface area contributed by atoms with Crippen molar-refractivity contribution in [2.24, 2.45) is 0 Å². The third-order valence-corrected chi connectivity index (χ3v) is 3.97. The normalized spacial score (nSPS) is 11.1. The molecule has 1 N–H and O–H groups in total. The van der Waals surface area contributed by atoms with E-state index in [1.54, 1.807) is 6.20 Å². The highest BCUT2D eigenvalue weighted by atomic mass is 79.9. The molecule has 0 aliphatic rings. The van der Waals surface area contributed by atoms with Crippen molar-refractivity contribution in [3.05, 3.63) is 58.3 Å². The van der Waals surface area contributed by atoms with Crippen LogP contribution in [0.3, 0.4) is 0 Å². The van der Waals surface area contributed by atoms with E-state index in [0.717, 1.165) is 10.2 Å². The smallest absolute Gasteiger partial charge is 0.258 e. The SMILES string of the molecule is CC(C)(C)c1ccc(OCC(=O)NCc2ccccn2)c(Br)c1.